The van der Waals surface area contributed by atoms with Gasteiger partial charge in [0.15, 0.2) is 11.5 Å². The molecule has 3 aliphatic heterocycles. The van der Waals surface area contributed by atoms with Gasteiger partial charge >= 0.3 is 6.29 Å². The molecular formula is C55H55ClF2N6O10S. The number of nitrogens with zero attached hydrogens (tertiary/aromatic N) is 4. The van der Waals surface area contributed by atoms with Crippen LogP contribution in [-0.2, 0) is 35.8 Å². The maximum absolute atomic E-state index is 13.6. The molecule has 4 amide bonds. The number of aryl methyl sites for hydroxylation is 2. The number of aromatic nitrogens is 2. The van der Waals surface area contributed by atoms with Crippen molar-refractivity contribution >= 4 is 62.6 Å². The van der Waals surface area contributed by atoms with Crippen LogP contribution in [0.5, 0.6) is 17.2 Å². The van der Waals surface area contributed by atoms with Crippen LogP contribution in [0.15, 0.2) is 85.1 Å². The summed E-state index contributed by atoms with van der Waals surface area (Å²) in [6, 6.07) is 22.6. The van der Waals surface area contributed by atoms with E-state index in [-0.39, 0.29) is 80.6 Å². The topological polar surface area (TPSA) is 191 Å². The van der Waals surface area contributed by atoms with E-state index in [1.165, 1.54) is 28.4 Å². The monoisotopic (exact) mass is 1060 g/mol. The minimum absolute atomic E-state index is 0.00580. The molecule has 10 rings (SSSR count). The Hall–Kier alpha value is -6.77. The van der Waals surface area contributed by atoms with Crippen molar-refractivity contribution in [3.05, 3.63) is 117 Å². The average Bonchev–Trinajstić information content (AvgIpc) is 3.88. The molecule has 75 heavy (non-hydrogen) atoms. The highest BCUT2D eigenvalue weighted by Gasteiger charge is 2.53. The number of aliphatic hydroxyl groups is 1. The lowest BCUT2D eigenvalue weighted by atomic mass is 9.94. The summed E-state index contributed by atoms with van der Waals surface area (Å²) in [6.07, 6.45) is 0.455. The molecule has 0 spiro atoms. The zero-order chi connectivity index (χ0) is 52.4. The molecule has 3 aromatic carbocycles. The highest BCUT2D eigenvalue weighted by atomic mass is 35.5. The SMILES string of the molecule is Cc1ccc(NC(=O)C2(c3ccc4c(c3)OC(F)(F)O4)CC2)nc1-c1cccc(C(=O)NCCOCCOCCC(=O)N2CCC(Oc3c(C)cc(Cl)cc3-c3ccnc4cc(CN5C(=O)CCC5O)sc34)CC2)c1. The summed E-state index contributed by atoms with van der Waals surface area (Å²) >= 11 is 8.15. The number of pyridine rings is 2. The largest absolute Gasteiger partial charge is 0.586 e. The molecule has 1 unspecified atom stereocenters. The third-order valence-corrected chi connectivity index (χ3v) is 15.3. The molecule has 1 aliphatic carbocycles. The molecule has 6 aromatic rings. The maximum Gasteiger partial charge on any atom is 0.586 e. The Morgan fingerprint density at radius 3 is 2.45 bits per heavy atom. The number of carbonyl (C=O) groups is 4. The third-order valence-electron chi connectivity index (χ3n) is 13.9. The van der Waals surface area contributed by atoms with Crippen LogP contribution in [0.4, 0.5) is 14.6 Å². The minimum Gasteiger partial charge on any atom is -0.489 e. The number of piperidine rings is 1. The van der Waals surface area contributed by atoms with Crippen molar-refractivity contribution in [3.8, 4) is 39.6 Å². The highest BCUT2D eigenvalue weighted by molar-refractivity contribution is 7.19. The van der Waals surface area contributed by atoms with Crippen molar-refractivity contribution in [2.45, 2.75) is 89.4 Å². The quantitative estimate of drug-likeness (QED) is 0.0654. The van der Waals surface area contributed by atoms with E-state index >= 15 is 0 Å². The molecule has 4 aliphatic rings. The van der Waals surface area contributed by atoms with E-state index in [2.05, 4.69) is 25.1 Å². The number of alkyl halides is 2. The Kier molecular flexibility index (Phi) is 15.0. The number of aliphatic hydroxyl groups excluding tert-OH is 1. The summed E-state index contributed by atoms with van der Waals surface area (Å²) in [5.41, 5.74) is 5.56. The molecule has 3 fully saturated rings. The predicted molar refractivity (Wildman–Crippen MR) is 276 cm³/mol. The number of benzene rings is 3. The van der Waals surface area contributed by atoms with Gasteiger partial charge in [0.1, 0.15) is 23.9 Å². The van der Waals surface area contributed by atoms with Crippen LogP contribution in [0.2, 0.25) is 5.02 Å². The number of thiophene rings is 1. The number of rotatable bonds is 19. The van der Waals surface area contributed by atoms with E-state index in [9.17, 15) is 33.1 Å². The van der Waals surface area contributed by atoms with Crippen LogP contribution in [0.25, 0.3) is 32.6 Å². The van der Waals surface area contributed by atoms with Gasteiger partial charge in [-0.1, -0.05) is 35.9 Å². The summed E-state index contributed by atoms with van der Waals surface area (Å²) in [5, 5.41) is 16.7. The standard InChI is InChI=1S/C55H55ClF2N6O10S/c1-32-6-9-45(62-53(69)54(16-17-54)36-7-8-43-44(28-36)74-55(57,58)73-43)61-49(32)34-4-3-5-35(27-34)52(68)60-19-23-71-25-24-70-22-15-46(65)63-20-13-38(14-21-63)72-50-33(2)26-37(56)29-41(50)40-12-18-59-42-30-39(75-51(40)42)31-64-47(66)10-11-48(64)67/h3-9,12,18,26-30,38,47,66H,10-11,13-17,19-25,31H2,1-2H3,(H,60,68)(H,61,62,69). The second kappa shape index (κ2) is 21.8. The predicted octanol–water partition coefficient (Wildman–Crippen LogP) is 8.95. The van der Waals surface area contributed by atoms with Gasteiger partial charge in [-0.3, -0.25) is 24.2 Å². The van der Waals surface area contributed by atoms with Gasteiger partial charge in [0.25, 0.3) is 5.91 Å². The zero-order valence-corrected chi connectivity index (χ0v) is 42.9. The average molecular weight is 1070 g/mol. The van der Waals surface area contributed by atoms with Crippen molar-refractivity contribution < 1.29 is 56.7 Å². The Morgan fingerprint density at radius 1 is 0.893 bits per heavy atom. The number of ether oxygens (including phenoxy) is 5. The molecule has 392 valence electrons. The summed E-state index contributed by atoms with van der Waals surface area (Å²) in [4.78, 5) is 65.8. The van der Waals surface area contributed by atoms with Gasteiger partial charge in [-0.15, -0.1) is 20.1 Å². The molecule has 3 N–H and O–H groups in total. The lowest BCUT2D eigenvalue weighted by Gasteiger charge is -2.33. The van der Waals surface area contributed by atoms with Crippen LogP contribution in [-0.4, -0.2) is 113 Å². The van der Waals surface area contributed by atoms with Gasteiger partial charge in [-0.2, -0.15) is 0 Å². The number of hydrogen-bond acceptors (Lipinski definition) is 13. The number of anilines is 1. The first-order chi connectivity index (χ1) is 36.1. The normalized spacial score (nSPS) is 17.6. The van der Waals surface area contributed by atoms with E-state index < -0.39 is 17.9 Å². The van der Waals surface area contributed by atoms with Gasteiger partial charge in [0, 0.05) is 83.7 Å². The molecule has 1 saturated carbocycles. The minimum atomic E-state index is -3.76. The van der Waals surface area contributed by atoms with E-state index in [0.717, 1.165) is 43.1 Å². The molecule has 6 heterocycles. The Morgan fingerprint density at radius 2 is 1.68 bits per heavy atom. The Balaban J connectivity index is 0.633. The van der Waals surface area contributed by atoms with Crippen molar-refractivity contribution in [3.63, 3.8) is 0 Å². The second-order valence-electron chi connectivity index (χ2n) is 19.2. The van der Waals surface area contributed by atoms with E-state index in [1.54, 1.807) is 36.5 Å². The lowest BCUT2D eigenvalue weighted by molar-refractivity contribution is -0.286. The fourth-order valence-corrected chi connectivity index (χ4v) is 11.2. The molecule has 16 nitrogen and oxygen atoms in total. The first-order valence-electron chi connectivity index (χ1n) is 25.0. The summed E-state index contributed by atoms with van der Waals surface area (Å²) in [6.45, 7) is 6.58. The van der Waals surface area contributed by atoms with Gasteiger partial charge in [-0.05, 0) is 98.0 Å². The van der Waals surface area contributed by atoms with Gasteiger partial charge in [-0.25, -0.2) is 4.98 Å². The van der Waals surface area contributed by atoms with Crippen LogP contribution in [0.3, 0.4) is 0 Å². The third kappa shape index (κ3) is 11.6. The van der Waals surface area contributed by atoms with Crippen LogP contribution in [0.1, 0.15) is 76.9 Å². The van der Waals surface area contributed by atoms with Crippen LogP contribution < -0.4 is 24.8 Å². The van der Waals surface area contributed by atoms with Gasteiger partial charge in [0.2, 0.25) is 17.7 Å². The summed E-state index contributed by atoms with van der Waals surface area (Å²) < 4.78 is 55.4. The fourth-order valence-electron chi connectivity index (χ4n) is 9.76. The molecule has 1 atom stereocenters. The van der Waals surface area contributed by atoms with E-state index in [0.29, 0.717) is 91.4 Å². The first-order valence-corrected chi connectivity index (χ1v) is 26.2. The molecule has 20 heteroatoms. The number of halogens is 3. The number of fused-ring (bicyclic) bond motifs is 2. The van der Waals surface area contributed by atoms with Crippen LogP contribution in [0, 0.1) is 13.8 Å². The maximum atomic E-state index is 13.6. The molecule has 0 bridgehead atoms. The molecule has 2 saturated heterocycles. The Labute approximate surface area is 440 Å². The first kappa shape index (κ1) is 51.7. The number of carbonyl (C=O) groups excluding carboxylic acids is 4. The van der Waals surface area contributed by atoms with Crippen molar-refractivity contribution in [2.24, 2.45) is 0 Å². The molecule has 3 aromatic heterocycles. The van der Waals surface area contributed by atoms with Crippen LogP contribution >= 0.6 is 22.9 Å². The zero-order valence-electron chi connectivity index (χ0n) is 41.3. The van der Waals surface area contributed by atoms with Gasteiger partial charge < -0.3 is 49.2 Å². The van der Waals surface area contributed by atoms with Crippen molar-refractivity contribution in [1.82, 2.24) is 25.1 Å². The fraction of sp³-hybridized carbons (Fsp3) is 0.382. The number of nitrogens with one attached hydrogen (secondary N) is 2. The summed E-state index contributed by atoms with van der Waals surface area (Å²) in [5.74, 6) is 0.151. The Bertz CT molecular complexity index is 3160. The molecule has 0 radical (unpaired) electrons. The smallest absolute Gasteiger partial charge is 0.489 e. The van der Waals surface area contributed by atoms with E-state index in [1.807, 2.05) is 55.1 Å². The lowest BCUT2D eigenvalue weighted by Crippen LogP contribution is -2.42. The number of amides is 4. The van der Waals surface area contributed by atoms with E-state index in [4.69, 9.17) is 30.8 Å². The number of hydrogen-bond donors (Lipinski definition) is 3. The summed E-state index contributed by atoms with van der Waals surface area (Å²) in [7, 11) is 0. The number of likely N-dealkylation sites (tertiary alicyclic amines) is 2. The second-order valence-corrected chi connectivity index (χ2v) is 20.7. The highest BCUT2D eigenvalue weighted by Crippen LogP contribution is 2.52. The molecular weight excluding hydrogens is 1010 g/mol. The van der Waals surface area contributed by atoms with Gasteiger partial charge in [0.05, 0.1) is 60.7 Å². The van der Waals surface area contributed by atoms with Crippen molar-refractivity contribution in [1.29, 1.82) is 0 Å². The van der Waals surface area contributed by atoms with Crippen molar-refractivity contribution in [2.75, 3.05) is 51.4 Å².